The molecule has 1 saturated heterocycles. The number of hydrogen-bond acceptors (Lipinski definition) is 5. The Hall–Kier alpha value is -2.02. The fourth-order valence-corrected chi connectivity index (χ4v) is 2.77. The van der Waals surface area contributed by atoms with Crippen LogP contribution in [-0.2, 0) is 0 Å². The van der Waals surface area contributed by atoms with Crippen molar-refractivity contribution in [3.63, 3.8) is 0 Å². The molecule has 0 aliphatic carbocycles. The molecule has 0 atom stereocenters. The third kappa shape index (κ3) is 4.48. The Bertz CT molecular complexity index is 571. The van der Waals surface area contributed by atoms with E-state index in [1.165, 1.54) is 12.8 Å². The summed E-state index contributed by atoms with van der Waals surface area (Å²) < 4.78 is 11.0. The zero-order chi connectivity index (χ0) is 16.7. The van der Waals surface area contributed by atoms with Gasteiger partial charge in [0.2, 0.25) is 0 Å². The lowest BCUT2D eigenvalue weighted by molar-refractivity contribution is 0.402. The molecule has 7 heteroatoms. The zero-order valence-electron chi connectivity index (χ0n) is 13.9. The molecule has 0 aromatic heterocycles. The molecule has 6 nitrogen and oxygen atoms in total. The average molecular weight is 336 g/mol. The minimum absolute atomic E-state index is 0.489. The number of thiocarbonyl (C=S) groups is 1. The van der Waals surface area contributed by atoms with E-state index in [0.29, 0.717) is 5.11 Å². The van der Waals surface area contributed by atoms with Gasteiger partial charge < -0.3 is 19.7 Å². The molecule has 0 radical (unpaired) electrons. The highest BCUT2D eigenvalue weighted by molar-refractivity contribution is 7.80. The monoisotopic (exact) mass is 336 g/mol. The molecule has 0 spiro atoms. The molecule has 1 aromatic carbocycles. The van der Waals surface area contributed by atoms with Crippen LogP contribution in [0.25, 0.3) is 0 Å². The van der Waals surface area contributed by atoms with E-state index >= 15 is 0 Å². The Kier molecular flexibility index (Phi) is 6.46. The second-order valence-electron chi connectivity index (χ2n) is 5.19. The summed E-state index contributed by atoms with van der Waals surface area (Å²) in [6.07, 6.45) is 4.10. The van der Waals surface area contributed by atoms with Crippen molar-refractivity contribution in [2.45, 2.75) is 19.8 Å². The van der Waals surface area contributed by atoms with Crippen LogP contribution in [0, 0.1) is 0 Å². The number of hydrazone groups is 1. The molecule has 1 aromatic rings. The summed E-state index contributed by atoms with van der Waals surface area (Å²) in [5.74, 6) is 1.58. The third-order valence-corrected chi connectivity index (χ3v) is 3.92. The second kappa shape index (κ2) is 8.57. The summed E-state index contributed by atoms with van der Waals surface area (Å²) in [4.78, 5) is 2.32. The topological polar surface area (TPSA) is 58.1 Å². The number of benzene rings is 1. The van der Waals surface area contributed by atoms with Gasteiger partial charge in [0.1, 0.15) is 11.5 Å². The van der Waals surface area contributed by atoms with Gasteiger partial charge in [-0.3, -0.25) is 5.43 Å². The van der Waals surface area contributed by atoms with Crippen LogP contribution in [0.5, 0.6) is 11.5 Å². The molecular formula is C16H24N4O2S. The van der Waals surface area contributed by atoms with Gasteiger partial charge >= 0.3 is 0 Å². The number of methoxy groups -OCH3 is 2. The first-order valence-corrected chi connectivity index (χ1v) is 8.18. The van der Waals surface area contributed by atoms with Gasteiger partial charge in [0.25, 0.3) is 0 Å². The number of anilines is 1. The highest BCUT2D eigenvalue weighted by Crippen LogP contribution is 2.36. The summed E-state index contributed by atoms with van der Waals surface area (Å²) in [6.45, 7) is 4.82. The first kappa shape index (κ1) is 17.3. The van der Waals surface area contributed by atoms with Gasteiger partial charge in [-0.25, -0.2) is 0 Å². The van der Waals surface area contributed by atoms with E-state index in [9.17, 15) is 0 Å². The molecule has 1 aliphatic rings. The highest BCUT2D eigenvalue weighted by atomic mass is 32.1. The van der Waals surface area contributed by atoms with Crippen molar-refractivity contribution < 1.29 is 9.47 Å². The third-order valence-electron chi connectivity index (χ3n) is 3.69. The lowest BCUT2D eigenvalue weighted by Crippen LogP contribution is -2.31. The molecule has 23 heavy (non-hydrogen) atoms. The summed E-state index contributed by atoms with van der Waals surface area (Å²) >= 11 is 5.07. The summed E-state index contributed by atoms with van der Waals surface area (Å²) in [5.41, 5.74) is 4.67. The predicted molar refractivity (Wildman–Crippen MR) is 98.0 cm³/mol. The van der Waals surface area contributed by atoms with E-state index in [4.69, 9.17) is 21.7 Å². The fraction of sp³-hybridized carbons (Fsp3) is 0.500. The maximum absolute atomic E-state index is 5.55. The average Bonchev–Trinajstić information content (AvgIpc) is 3.08. The van der Waals surface area contributed by atoms with E-state index < -0.39 is 0 Å². The molecule has 0 unspecified atom stereocenters. The van der Waals surface area contributed by atoms with Gasteiger partial charge in [-0.1, -0.05) is 0 Å². The van der Waals surface area contributed by atoms with Crippen LogP contribution in [0.2, 0.25) is 0 Å². The van der Waals surface area contributed by atoms with Crippen LogP contribution in [0.4, 0.5) is 5.69 Å². The molecule has 0 amide bonds. The van der Waals surface area contributed by atoms with Crippen molar-refractivity contribution in [1.82, 2.24) is 10.7 Å². The summed E-state index contributed by atoms with van der Waals surface area (Å²) in [6, 6.07) is 3.95. The Morgan fingerprint density at radius 2 is 1.96 bits per heavy atom. The van der Waals surface area contributed by atoms with Crippen LogP contribution in [0.15, 0.2) is 17.2 Å². The number of ether oxygens (including phenoxy) is 2. The molecule has 1 aliphatic heterocycles. The lowest BCUT2D eigenvalue weighted by atomic mass is 10.1. The summed E-state index contributed by atoms with van der Waals surface area (Å²) in [7, 11) is 3.34. The van der Waals surface area contributed by atoms with Crippen LogP contribution in [-0.4, -0.2) is 45.2 Å². The standard InChI is InChI=1S/C16H24N4O2S/c1-4-17-16(23)19-18-11-12-9-15(22-3)13(10-14(12)21-2)20-7-5-6-8-20/h9-11H,4-8H2,1-3H3,(H2,17,19,23)/b18-11-. The quantitative estimate of drug-likeness (QED) is 0.471. The van der Waals surface area contributed by atoms with Gasteiger partial charge in [0, 0.05) is 31.3 Å². The molecule has 0 bridgehead atoms. The zero-order valence-corrected chi connectivity index (χ0v) is 14.7. The van der Waals surface area contributed by atoms with E-state index in [2.05, 4.69) is 20.7 Å². The van der Waals surface area contributed by atoms with Crippen molar-refractivity contribution in [1.29, 1.82) is 0 Å². The molecule has 1 fully saturated rings. The van der Waals surface area contributed by atoms with Crippen molar-refractivity contribution in [2.75, 3.05) is 38.8 Å². The maximum atomic E-state index is 5.55. The SMILES string of the molecule is CCNC(=S)N/N=C\c1cc(OC)c(N2CCCC2)cc1OC. The van der Waals surface area contributed by atoms with Gasteiger partial charge in [-0.15, -0.1) is 0 Å². The summed E-state index contributed by atoms with van der Waals surface area (Å²) in [5, 5.41) is 7.61. The molecular weight excluding hydrogens is 312 g/mol. The van der Waals surface area contributed by atoms with Gasteiger partial charge in [-0.05, 0) is 38.0 Å². The maximum Gasteiger partial charge on any atom is 0.186 e. The number of hydrogen-bond donors (Lipinski definition) is 2. The van der Waals surface area contributed by atoms with Crippen molar-refractivity contribution in [2.24, 2.45) is 5.10 Å². The molecule has 1 heterocycles. The number of nitrogens with zero attached hydrogens (tertiary/aromatic N) is 2. The van der Waals surface area contributed by atoms with Crippen molar-refractivity contribution >= 4 is 29.2 Å². The van der Waals surface area contributed by atoms with Gasteiger partial charge in [0.15, 0.2) is 5.11 Å². The molecule has 2 N–H and O–H groups in total. The normalized spacial score (nSPS) is 14.1. The van der Waals surface area contributed by atoms with Crippen molar-refractivity contribution in [3.8, 4) is 11.5 Å². The second-order valence-corrected chi connectivity index (χ2v) is 5.60. The Balaban J connectivity index is 2.22. The minimum atomic E-state index is 0.489. The van der Waals surface area contributed by atoms with Crippen LogP contribution < -0.4 is 25.1 Å². The Morgan fingerprint density at radius 3 is 2.57 bits per heavy atom. The molecule has 2 rings (SSSR count). The van der Waals surface area contributed by atoms with E-state index in [1.54, 1.807) is 20.4 Å². The first-order chi connectivity index (χ1) is 11.2. The number of rotatable bonds is 6. The lowest BCUT2D eigenvalue weighted by Gasteiger charge is -2.22. The Labute approximate surface area is 142 Å². The van der Waals surface area contributed by atoms with Crippen LogP contribution in [0.3, 0.4) is 0 Å². The highest BCUT2D eigenvalue weighted by Gasteiger charge is 2.19. The van der Waals surface area contributed by atoms with E-state index in [-0.39, 0.29) is 0 Å². The molecule has 0 saturated carbocycles. The Morgan fingerprint density at radius 1 is 1.26 bits per heavy atom. The van der Waals surface area contributed by atoms with Crippen molar-refractivity contribution in [3.05, 3.63) is 17.7 Å². The largest absolute Gasteiger partial charge is 0.496 e. The van der Waals surface area contributed by atoms with E-state index in [1.807, 2.05) is 19.1 Å². The smallest absolute Gasteiger partial charge is 0.186 e. The number of nitrogens with one attached hydrogen (secondary N) is 2. The first-order valence-electron chi connectivity index (χ1n) is 7.77. The molecule has 126 valence electrons. The van der Waals surface area contributed by atoms with Crippen LogP contribution >= 0.6 is 12.2 Å². The minimum Gasteiger partial charge on any atom is -0.496 e. The van der Waals surface area contributed by atoms with Gasteiger partial charge in [-0.2, -0.15) is 5.10 Å². The fourth-order valence-electron chi connectivity index (χ4n) is 2.57. The van der Waals surface area contributed by atoms with E-state index in [0.717, 1.165) is 42.4 Å². The van der Waals surface area contributed by atoms with Crippen LogP contribution in [0.1, 0.15) is 25.3 Å². The predicted octanol–water partition coefficient (Wildman–Crippen LogP) is 2.12. The van der Waals surface area contributed by atoms with Gasteiger partial charge in [0.05, 0.1) is 26.1 Å².